The molecule has 0 aliphatic carbocycles. The van der Waals surface area contributed by atoms with E-state index in [1.165, 1.54) is 33.4 Å². The van der Waals surface area contributed by atoms with Gasteiger partial charge in [-0.15, -0.1) is 0 Å². The van der Waals surface area contributed by atoms with Crippen molar-refractivity contribution < 1.29 is 0 Å². The summed E-state index contributed by atoms with van der Waals surface area (Å²) in [6.45, 7) is 19.1. The van der Waals surface area contributed by atoms with E-state index in [4.69, 9.17) is 9.98 Å². The Kier molecular flexibility index (Phi) is 6.66. The highest BCUT2D eigenvalue weighted by atomic mass is 15.2. The number of hydrogen-bond acceptors (Lipinski definition) is 1. The summed E-state index contributed by atoms with van der Waals surface area (Å²) < 4.78 is 4.40. The largest absolute Gasteiger partial charge is 0.285 e. The van der Waals surface area contributed by atoms with Gasteiger partial charge in [-0.3, -0.25) is 9.13 Å². The average Bonchev–Trinajstić information content (AvgIpc) is 3.12. The smallest absolute Gasteiger partial charge is 0.220 e. The van der Waals surface area contributed by atoms with Crippen LogP contribution in [0.1, 0.15) is 51.4 Å². The average molecular weight is 465 g/mol. The molecule has 0 bridgehead atoms. The molecule has 0 spiro atoms. The third-order valence-corrected chi connectivity index (χ3v) is 6.52. The lowest BCUT2D eigenvalue weighted by atomic mass is 10.0. The highest BCUT2D eigenvalue weighted by Gasteiger charge is 2.14. The summed E-state index contributed by atoms with van der Waals surface area (Å²) in [6.07, 6.45) is 4.24. The van der Waals surface area contributed by atoms with Crippen LogP contribution < -0.4 is 5.62 Å². The first-order valence-electron chi connectivity index (χ1n) is 12.2. The molecule has 180 valence electrons. The van der Waals surface area contributed by atoms with E-state index in [9.17, 15) is 0 Å². The Balaban J connectivity index is 2.04. The number of aromatic nitrogens is 2. The van der Waals surface area contributed by atoms with Gasteiger partial charge in [-0.05, 0) is 95.7 Å². The molecule has 0 unspecified atom stereocenters. The maximum absolute atomic E-state index is 5.13. The van der Waals surface area contributed by atoms with Gasteiger partial charge < -0.3 is 0 Å². The van der Waals surface area contributed by atoms with Crippen LogP contribution in [0.5, 0.6) is 0 Å². The van der Waals surface area contributed by atoms with Crippen molar-refractivity contribution in [3.8, 4) is 11.4 Å². The zero-order valence-corrected chi connectivity index (χ0v) is 22.5. The number of aryl methyl sites for hydroxylation is 8. The molecule has 0 fully saturated rings. The SMILES string of the molecule is CC(=Nc1c(C)cccc1C)N=c1n(-c2c(C)cc(C)cc2C)ccn1-c1c(C)cc(C)cc1C. The zero-order chi connectivity index (χ0) is 25.4. The highest BCUT2D eigenvalue weighted by Crippen LogP contribution is 2.25. The summed E-state index contributed by atoms with van der Waals surface area (Å²) >= 11 is 0. The van der Waals surface area contributed by atoms with Crippen molar-refractivity contribution in [1.29, 1.82) is 0 Å². The van der Waals surface area contributed by atoms with Gasteiger partial charge in [0.15, 0.2) is 0 Å². The molecule has 3 aromatic carbocycles. The molecule has 0 amide bonds. The zero-order valence-electron chi connectivity index (χ0n) is 22.5. The van der Waals surface area contributed by atoms with Crippen molar-refractivity contribution in [2.75, 3.05) is 0 Å². The van der Waals surface area contributed by atoms with Crippen LogP contribution in [0.25, 0.3) is 11.4 Å². The van der Waals surface area contributed by atoms with E-state index in [0.29, 0.717) is 0 Å². The van der Waals surface area contributed by atoms with Gasteiger partial charge >= 0.3 is 0 Å². The second-order valence-corrected chi connectivity index (χ2v) is 9.84. The summed E-state index contributed by atoms with van der Waals surface area (Å²) in [5, 5.41) is 0. The first-order valence-corrected chi connectivity index (χ1v) is 12.2. The van der Waals surface area contributed by atoms with Crippen molar-refractivity contribution in [3.63, 3.8) is 0 Å². The lowest BCUT2D eigenvalue weighted by Crippen LogP contribution is -2.27. The number of benzene rings is 3. The lowest BCUT2D eigenvalue weighted by Gasteiger charge is -2.15. The summed E-state index contributed by atoms with van der Waals surface area (Å²) in [4.78, 5) is 10.1. The summed E-state index contributed by atoms with van der Waals surface area (Å²) in [5.74, 6) is 0.723. The Morgan fingerprint density at radius 3 is 1.40 bits per heavy atom. The molecule has 0 radical (unpaired) electrons. The van der Waals surface area contributed by atoms with E-state index in [0.717, 1.165) is 39.6 Å². The molecular formula is C31H36N4. The number of amidine groups is 1. The molecule has 4 nitrogen and oxygen atoms in total. The van der Waals surface area contributed by atoms with E-state index in [-0.39, 0.29) is 0 Å². The molecule has 1 aromatic heterocycles. The highest BCUT2D eigenvalue weighted by molar-refractivity contribution is 5.84. The molecule has 0 aliphatic rings. The second kappa shape index (κ2) is 9.53. The van der Waals surface area contributed by atoms with Crippen LogP contribution in [0.3, 0.4) is 0 Å². The minimum absolute atomic E-state index is 0.723. The Bertz CT molecular complexity index is 1380. The maximum atomic E-state index is 5.13. The third-order valence-electron chi connectivity index (χ3n) is 6.52. The molecule has 0 atom stereocenters. The number of imidazole rings is 1. The van der Waals surface area contributed by atoms with Gasteiger partial charge in [0.25, 0.3) is 0 Å². The Morgan fingerprint density at radius 2 is 1.00 bits per heavy atom. The minimum atomic E-state index is 0.723. The Labute approximate surface area is 209 Å². The number of aliphatic imine (C=N–C) groups is 1. The van der Waals surface area contributed by atoms with Crippen LogP contribution >= 0.6 is 0 Å². The van der Waals surface area contributed by atoms with Crippen LogP contribution in [0, 0.1) is 55.4 Å². The van der Waals surface area contributed by atoms with Crippen molar-refractivity contribution in [2.24, 2.45) is 9.98 Å². The van der Waals surface area contributed by atoms with Crippen molar-refractivity contribution >= 4 is 11.5 Å². The van der Waals surface area contributed by atoms with Crippen molar-refractivity contribution in [1.82, 2.24) is 9.13 Å². The molecule has 4 rings (SSSR count). The predicted octanol–water partition coefficient (Wildman–Crippen LogP) is 7.39. The van der Waals surface area contributed by atoms with Gasteiger partial charge in [-0.25, -0.2) is 4.99 Å². The summed E-state index contributed by atoms with van der Waals surface area (Å²) in [7, 11) is 0. The Morgan fingerprint density at radius 1 is 0.600 bits per heavy atom. The lowest BCUT2D eigenvalue weighted by molar-refractivity contribution is 0.852. The van der Waals surface area contributed by atoms with E-state index >= 15 is 0 Å². The fourth-order valence-electron chi connectivity index (χ4n) is 5.26. The number of nitrogens with zero attached hydrogens (tertiary/aromatic N) is 4. The topological polar surface area (TPSA) is 34.6 Å². The minimum Gasteiger partial charge on any atom is -0.285 e. The van der Waals surface area contributed by atoms with Crippen LogP contribution in [-0.2, 0) is 0 Å². The van der Waals surface area contributed by atoms with E-state index in [1.807, 2.05) is 6.92 Å². The van der Waals surface area contributed by atoms with Gasteiger partial charge in [0.2, 0.25) is 5.62 Å². The fourth-order valence-corrected chi connectivity index (χ4v) is 5.26. The van der Waals surface area contributed by atoms with Crippen molar-refractivity contribution in [3.05, 3.63) is 105 Å². The van der Waals surface area contributed by atoms with E-state index < -0.39 is 0 Å². The van der Waals surface area contributed by atoms with Crippen molar-refractivity contribution in [2.45, 2.75) is 62.3 Å². The van der Waals surface area contributed by atoms with Gasteiger partial charge in [-0.1, -0.05) is 53.6 Å². The van der Waals surface area contributed by atoms with Gasteiger partial charge in [-0.2, -0.15) is 4.99 Å². The number of para-hydroxylation sites is 1. The van der Waals surface area contributed by atoms with Crippen LogP contribution in [-0.4, -0.2) is 15.0 Å². The molecule has 35 heavy (non-hydrogen) atoms. The van der Waals surface area contributed by atoms with Crippen LogP contribution in [0.4, 0.5) is 5.69 Å². The molecule has 0 N–H and O–H groups in total. The summed E-state index contributed by atoms with van der Waals surface area (Å²) in [5.41, 5.74) is 13.9. The third kappa shape index (κ3) is 4.79. The molecule has 4 aromatic rings. The first-order chi connectivity index (χ1) is 16.6. The van der Waals surface area contributed by atoms with E-state index in [1.54, 1.807) is 0 Å². The predicted molar refractivity (Wildman–Crippen MR) is 148 cm³/mol. The standard InChI is InChI=1S/C31H36N4/c1-19-15-23(5)29(24(6)16-19)34-13-14-35(30-25(7)17-20(2)18-26(30)8)31(34)33-27(9)32-28-21(3)11-10-12-22(28)4/h10-18H,1-9H3. The summed E-state index contributed by atoms with van der Waals surface area (Å²) in [6, 6.07) is 15.2. The number of hydrogen-bond donors (Lipinski definition) is 0. The van der Waals surface area contributed by atoms with Crippen LogP contribution in [0.15, 0.2) is 64.8 Å². The molecule has 1 heterocycles. The monoisotopic (exact) mass is 464 g/mol. The molecular weight excluding hydrogens is 428 g/mol. The molecule has 0 aliphatic heterocycles. The Hall–Kier alpha value is -3.66. The fraction of sp³-hybridized carbons (Fsp3) is 0.290. The normalized spacial score (nSPS) is 11.7. The van der Waals surface area contributed by atoms with Gasteiger partial charge in [0.1, 0.15) is 5.84 Å². The van der Waals surface area contributed by atoms with Crippen LogP contribution in [0.2, 0.25) is 0 Å². The van der Waals surface area contributed by atoms with E-state index in [2.05, 4.69) is 119 Å². The van der Waals surface area contributed by atoms with Gasteiger partial charge in [0.05, 0.1) is 17.1 Å². The molecule has 0 saturated carbocycles. The quantitative estimate of drug-likeness (QED) is 0.224. The van der Waals surface area contributed by atoms with Gasteiger partial charge in [0, 0.05) is 12.4 Å². The second-order valence-electron chi connectivity index (χ2n) is 9.84. The maximum Gasteiger partial charge on any atom is 0.220 e. The number of rotatable bonds is 3. The molecule has 0 saturated heterocycles. The first kappa shape index (κ1) is 24.5. The molecule has 4 heteroatoms.